The SMILES string of the molecule is Cc1ccc(C(C)NC2=NCC(C)(C)CS2)o1. The Hall–Kier alpha value is -0.900. The third-order valence-electron chi connectivity index (χ3n) is 2.78. The van der Waals surface area contributed by atoms with Crippen LogP contribution in [0.15, 0.2) is 21.5 Å². The maximum absolute atomic E-state index is 5.60. The fourth-order valence-electron chi connectivity index (χ4n) is 1.67. The van der Waals surface area contributed by atoms with E-state index >= 15 is 0 Å². The third kappa shape index (κ3) is 3.28. The number of rotatable bonds is 2. The minimum absolute atomic E-state index is 0.177. The lowest BCUT2D eigenvalue weighted by Crippen LogP contribution is -2.32. The highest BCUT2D eigenvalue weighted by Crippen LogP contribution is 2.28. The van der Waals surface area contributed by atoms with E-state index in [2.05, 4.69) is 31.1 Å². The van der Waals surface area contributed by atoms with Gasteiger partial charge in [0.15, 0.2) is 5.17 Å². The van der Waals surface area contributed by atoms with Gasteiger partial charge in [-0.2, -0.15) is 0 Å². The quantitative estimate of drug-likeness (QED) is 0.877. The molecule has 17 heavy (non-hydrogen) atoms. The number of amidine groups is 1. The Bertz CT molecular complexity index is 423. The van der Waals surface area contributed by atoms with Gasteiger partial charge in [-0.3, -0.25) is 4.99 Å². The van der Waals surface area contributed by atoms with Gasteiger partial charge in [0.05, 0.1) is 6.04 Å². The number of aliphatic imine (C=N–C) groups is 1. The zero-order valence-corrected chi connectivity index (χ0v) is 11.7. The molecule has 1 aliphatic heterocycles. The minimum Gasteiger partial charge on any atom is -0.464 e. The van der Waals surface area contributed by atoms with Crippen molar-refractivity contribution in [1.82, 2.24) is 5.32 Å². The van der Waals surface area contributed by atoms with E-state index in [9.17, 15) is 0 Å². The average molecular weight is 252 g/mol. The normalized spacial score (nSPS) is 20.8. The summed E-state index contributed by atoms with van der Waals surface area (Å²) in [4.78, 5) is 4.58. The molecule has 1 aliphatic rings. The molecule has 2 rings (SSSR count). The number of furan rings is 1. The van der Waals surface area contributed by atoms with Crippen LogP contribution in [0.3, 0.4) is 0 Å². The van der Waals surface area contributed by atoms with E-state index in [4.69, 9.17) is 4.42 Å². The fraction of sp³-hybridized carbons (Fsp3) is 0.615. The molecule has 0 bridgehead atoms. The Balaban J connectivity index is 1.96. The number of hydrogen-bond acceptors (Lipinski definition) is 4. The van der Waals surface area contributed by atoms with E-state index in [-0.39, 0.29) is 6.04 Å². The van der Waals surface area contributed by atoms with Gasteiger partial charge in [0.25, 0.3) is 0 Å². The Labute approximate surface area is 107 Å². The zero-order chi connectivity index (χ0) is 12.5. The maximum Gasteiger partial charge on any atom is 0.157 e. The molecule has 0 aliphatic carbocycles. The van der Waals surface area contributed by atoms with Crippen molar-refractivity contribution in [2.24, 2.45) is 10.4 Å². The molecule has 0 spiro atoms. The summed E-state index contributed by atoms with van der Waals surface area (Å²) in [5.74, 6) is 3.03. The molecular weight excluding hydrogens is 232 g/mol. The van der Waals surface area contributed by atoms with Crippen LogP contribution in [0.1, 0.15) is 38.3 Å². The molecule has 3 nitrogen and oxygen atoms in total. The molecule has 0 fully saturated rings. The van der Waals surface area contributed by atoms with Crippen molar-refractivity contribution in [2.45, 2.75) is 33.7 Å². The Morgan fingerprint density at radius 2 is 2.24 bits per heavy atom. The second kappa shape index (κ2) is 4.77. The topological polar surface area (TPSA) is 37.5 Å². The van der Waals surface area contributed by atoms with Crippen molar-refractivity contribution in [2.75, 3.05) is 12.3 Å². The predicted octanol–water partition coefficient (Wildman–Crippen LogP) is 3.37. The van der Waals surface area contributed by atoms with Gasteiger partial charge in [0, 0.05) is 12.3 Å². The first-order valence-corrected chi connectivity index (χ1v) is 6.95. The van der Waals surface area contributed by atoms with E-state index in [0.717, 1.165) is 29.0 Å². The molecule has 1 aromatic heterocycles. The molecule has 0 amide bonds. The van der Waals surface area contributed by atoms with Crippen LogP contribution < -0.4 is 5.32 Å². The summed E-state index contributed by atoms with van der Waals surface area (Å²) in [6, 6.07) is 4.19. The van der Waals surface area contributed by atoms with Crippen molar-refractivity contribution in [1.29, 1.82) is 0 Å². The fourth-order valence-corrected chi connectivity index (χ4v) is 2.71. The first-order valence-electron chi connectivity index (χ1n) is 5.96. The summed E-state index contributed by atoms with van der Waals surface area (Å²) in [5.41, 5.74) is 0.320. The average Bonchev–Trinajstić information content (AvgIpc) is 2.68. The molecule has 1 unspecified atom stereocenters. The minimum atomic E-state index is 0.177. The van der Waals surface area contributed by atoms with Gasteiger partial charge >= 0.3 is 0 Å². The summed E-state index contributed by atoms with van der Waals surface area (Å²) in [6.45, 7) is 9.46. The van der Waals surface area contributed by atoms with Gasteiger partial charge in [0.1, 0.15) is 11.5 Å². The first kappa shape index (κ1) is 12.6. The summed E-state index contributed by atoms with van der Waals surface area (Å²) in [5, 5.41) is 4.44. The molecule has 4 heteroatoms. The van der Waals surface area contributed by atoms with Crippen LogP contribution >= 0.6 is 11.8 Å². The van der Waals surface area contributed by atoms with Crippen molar-refractivity contribution in [3.8, 4) is 0 Å². The first-order chi connectivity index (χ1) is 7.96. The van der Waals surface area contributed by atoms with Crippen molar-refractivity contribution >= 4 is 16.9 Å². The van der Waals surface area contributed by atoms with Crippen LogP contribution in [0.4, 0.5) is 0 Å². The molecule has 0 saturated carbocycles. The summed E-state index contributed by atoms with van der Waals surface area (Å²) in [6.07, 6.45) is 0. The van der Waals surface area contributed by atoms with Gasteiger partial charge in [-0.1, -0.05) is 25.6 Å². The molecule has 1 atom stereocenters. The van der Waals surface area contributed by atoms with Crippen LogP contribution in [0.2, 0.25) is 0 Å². The van der Waals surface area contributed by atoms with E-state index in [0.29, 0.717) is 5.41 Å². The Morgan fingerprint density at radius 1 is 1.47 bits per heavy atom. The van der Waals surface area contributed by atoms with E-state index < -0.39 is 0 Å². The zero-order valence-electron chi connectivity index (χ0n) is 10.9. The number of aryl methyl sites for hydroxylation is 1. The van der Waals surface area contributed by atoms with Crippen molar-refractivity contribution in [3.05, 3.63) is 23.7 Å². The number of nitrogens with zero attached hydrogens (tertiary/aromatic N) is 1. The van der Waals surface area contributed by atoms with Crippen molar-refractivity contribution < 1.29 is 4.42 Å². The Morgan fingerprint density at radius 3 is 2.76 bits per heavy atom. The molecule has 0 radical (unpaired) electrons. The standard InChI is InChI=1S/C13H20N2OS/c1-9-5-6-11(16-9)10(2)15-12-14-7-13(3,4)8-17-12/h5-6,10H,7-8H2,1-4H3,(H,14,15). The van der Waals surface area contributed by atoms with E-state index in [1.165, 1.54) is 0 Å². The molecular formula is C13H20N2OS. The second-order valence-corrected chi connectivity index (χ2v) is 6.35. The van der Waals surface area contributed by atoms with Crippen LogP contribution in [0, 0.1) is 12.3 Å². The lowest BCUT2D eigenvalue weighted by molar-refractivity contribution is 0.430. The van der Waals surface area contributed by atoms with E-state index in [1.807, 2.05) is 19.1 Å². The maximum atomic E-state index is 5.60. The predicted molar refractivity (Wildman–Crippen MR) is 73.5 cm³/mol. The lowest BCUT2D eigenvalue weighted by Gasteiger charge is -2.28. The van der Waals surface area contributed by atoms with Crippen LogP contribution in [0.5, 0.6) is 0 Å². The monoisotopic (exact) mass is 252 g/mol. The molecule has 94 valence electrons. The van der Waals surface area contributed by atoms with Crippen LogP contribution in [-0.4, -0.2) is 17.5 Å². The smallest absolute Gasteiger partial charge is 0.157 e. The van der Waals surface area contributed by atoms with Crippen molar-refractivity contribution in [3.63, 3.8) is 0 Å². The third-order valence-corrected chi connectivity index (χ3v) is 4.22. The van der Waals surface area contributed by atoms with E-state index in [1.54, 1.807) is 11.8 Å². The molecule has 1 N–H and O–H groups in total. The number of hydrogen-bond donors (Lipinski definition) is 1. The number of thioether (sulfide) groups is 1. The van der Waals surface area contributed by atoms with Gasteiger partial charge < -0.3 is 9.73 Å². The van der Waals surface area contributed by atoms with Gasteiger partial charge in [-0.05, 0) is 31.4 Å². The van der Waals surface area contributed by atoms with Crippen LogP contribution in [0.25, 0.3) is 0 Å². The molecule has 1 aromatic rings. The highest BCUT2D eigenvalue weighted by molar-refractivity contribution is 8.13. The molecule has 0 aromatic carbocycles. The summed E-state index contributed by atoms with van der Waals surface area (Å²) < 4.78 is 5.60. The molecule has 0 saturated heterocycles. The summed E-state index contributed by atoms with van der Waals surface area (Å²) in [7, 11) is 0. The highest BCUT2D eigenvalue weighted by Gasteiger charge is 2.24. The number of nitrogens with one attached hydrogen (secondary N) is 1. The second-order valence-electron chi connectivity index (χ2n) is 5.39. The highest BCUT2D eigenvalue weighted by atomic mass is 32.2. The Kier molecular flexibility index (Phi) is 3.52. The van der Waals surface area contributed by atoms with Gasteiger partial charge in [-0.25, -0.2) is 0 Å². The van der Waals surface area contributed by atoms with Gasteiger partial charge in [0.2, 0.25) is 0 Å². The van der Waals surface area contributed by atoms with Crippen LogP contribution in [-0.2, 0) is 0 Å². The van der Waals surface area contributed by atoms with Gasteiger partial charge in [-0.15, -0.1) is 0 Å². The molecule has 2 heterocycles. The largest absolute Gasteiger partial charge is 0.464 e. The lowest BCUT2D eigenvalue weighted by atomic mass is 9.97. The summed E-state index contributed by atoms with van der Waals surface area (Å²) >= 11 is 1.80.